The molecule has 2 saturated heterocycles. The molecule has 0 aliphatic carbocycles. The highest BCUT2D eigenvalue weighted by atomic mass is 16.5. The van der Waals surface area contributed by atoms with Gasteiger partial charge in [0.25, 0.3) is 0 Å². The summed E-state index contributed by atoms with van der Waals surface area (Å²) < 4.78 is 12.9. The molecular formula is C34H40N2O3. The molecule has 204 valence electrons. The van der Waals surface area contributed by atoms with Crippen molar-refractivity contribution in [1.82, 2.24) is 4.90 Å². The number of rotatable bonds is 7. The number of anilines is 1. The second-order valence-corrected chi connectivity index (χ2v) is 11.6. The zero-order valence-electron chi connectivity index (χ0n) is 23.4. The van der Waals surface area contributed by atoms with Gasteiger partial charge in [0, 0.05) is 42.5 Å². The van der Waals surface area contributed by atoms with Crippen LogP contribution in [0.25, 0.3) is 11.1 Å². The maximum absolute atomic E-state index is 10.2. The van der Waals surface area contributed by atoms with Gasteiger partial charge in [-0.3, -0.25) is 4.90 Å². The van der Waals surface area contributed by atoms with Crippen molar-refractivity contribution >= 4 is 16.8 Å². The number of aromatic hydroxyl groups is 1. The number of benzene rings is 3. The smallest absolute Gasteiger partial charge is 0.150 e. The van der Waals surface area contributed by atoms with Gasteiger partial charge in [0.1, 0.15) is 30.0 Å². The van der Waals surface area contributed by atoms with Gasteiger partial charge in [-0.05, 0) is 105 Å². The van der Waals surface area contributed by atoms with Crippen molar-refractivity contribution in [2.24, 2.45) is 5.92 Å². The lowest BCUT2D eigenvalue weighted by Crippen LogP contribution is -2.35. The summed E-state index contributed by atoms with van der Waals surface area (Å²) in [5.41, 5.74) is 6.71. The SMILES string of the molecule is CC1=C(c2cccc(N3CCCC3)c2)C(c2ccc(OCC(C)N3CCC(C)C3)cc2)Oc2ccc(O)cc21. The van der Waals surface area contributed by atoms with E-state index in [0.29, 0.717) is 12.6 Å². The molecule has 5 heteroatoms. The molecule has 0 amide bonds. The standard InChI is InChI=1S/C34H40N2O3/c1-23-15-18-36(21-23)24(2)22-38-30-12-9-26(10-13-30)34-33(25(3)31-20-29(37)11-14-32(31)39-34)27-7-6-8-28(19-27)35-16-4-5-17-35/h6-14,19-20,23-24,34,37H,4-5,15-18,21-22H2,1-3H3. The maximum Gasteiger partial charge on any atom is 0.150 e. The van der Waals surface area contributed by atoms with Crippen LogP contribution in [0.5, 0.6) is 17.2 Å². The Balaban J connectivity index is 1.28. The molecule has 1 N–H and O–H groups in total. The Morgan fingerprint density at radius 2 is 1.79 bits per heavy atom. The highest BCUT2D eigenvalue weighted by Gasteiger charge is 2.30. The van der Waals surface area contributed by atoms with E-state index in [1.54, 1.807) is 6.07 Å². The van der Waals surface area contributed by atoms with Crippen molar-refractivity contribution in [1.29, 1.82) is 0 Å². The molecule has 2 fully saturated rings. The largest absolute Gasteiger partial charge is 0.508 e. The Bertz CT molecular complexity index is 1340. The number of allylic oxidation sites excluding steroid dienone is 1. The quantitative estimate of drug-likeness (QED) is 0.355. The minimum atomic E-state index is -0.255. The zero-order valence-corrected chi connectivity index (χ0v) is 23.4. The predicted molar refractivity (Wildman–Crippen MR) is 159 cm³/mol. The summed E-state index contributed by atoms with van der Waals surface area (Å²) in [7, 11) is 0. The molecule has 3 atom stereocenters. The lowest BCUT2D eigenvalue weighted by molar-refractivity contribution is 0.169. The first-order valence-corrected chi connectivity index (χ1v) is 14.5. The predicted octanol–water partition coefficient (Wildman–Crippen LogP) is 7.17. The monoisotopic (exact) mass is 524 g/mol. The number of phenols is 1. The number of nitrogens with zero attached hydrogens (tertiary/aromatic N) is 2. The first-order valence-electron chi connectivity index (χ1n) is 14.5. The van der Waals surface area contributed by atoms with Crippen molar-refractivity contribution in [3.8, 4) is 17.2 Å². The van der Waals surface area contributed by atoms with Gasteiger partial charge < -0.3 is 19.5 Å². The van der Waals surface area contributed by atoms with Gasteiger partial charge in [0.15, 0.2) is 0 Å². The molecule has 39 heavy (non-hydrogen) atoms. The van der Waals surface area contributed by atoms with E-state index in [0.717, 1.165) is 71.4 Å². The van der Waals surface area contributed by atoms with Crippen LogP contribution in [0, 0.1) is 5.92 Å². The Morgan fingerprint density at radius 1 is 1.00 bits per heavy atom. The summed E-state index contributed by atoms with van der Waals surface area (Å²) in [6.07, 6.45) is 3.51. The van der Waals surface area contributed by atoms with E-state index >= 15 is 0 Å². The number of hydrogen-bond donors (Lipinski definition) is 1. The summed E-state index contributed by atoms with van der Waals surface area (Å²) in [4.78, 5) is 4.99. The van der Waals surface area contributed by atoms with Crippen LogP contribution in [-0.2, 0) is 0 Å². The van der Waals surface area contributed by atoms with E-state index in [9.17, 15) is 5.11 Å². The molecule has 0 aromatic heterocycles. The normalized spacial score (nSPS) is 22.1. The van der Waals surface area contributed by atoms with Crippen molar-refractivity contribution in [2.75, 3.05) is 37.7 Å². The number of ether oxygens (including phenoxy) is 2. The summed E-state index contributed by atoms with van der Waals surface area (Å²) in [5.74, 6) is 2.71. The maximum atomic E-state index is 10.2. The first kappa shape index (κ1) is 25.8. The van der Waals surface area contributed by atoms with E-state index in [1.165, 1.54) is 24.9 Å². The average molecular weight is 525 g/mol. The fourth-order valence-electron chi connectivity index (χ4n) is 6.32. The Labute approximate surface area is 232 Å². The minimum absolute atomic E-state index is 0.249. The van der Waals surface area contributed by atoms with Crippen LogP contribution in [0.2, 0.25) is 0 Å². The second kappa shape index (κ2) is 11.0. The fraction of sp³-hybridized carbons (Fsp3) is 0.412. The molecule has 6 rings (SSSR count). The first-order chi connectivity index (χ1) is 19.0. The van der Waals surface area contributed by atoms with Crippen LogP contribution in [0.15, 0.2) is 66.7 Å². The molecule has 3 unspecified atom stereocenters. The zero-order chi connectivity index (χ0) is 26.9. The van der Waals surface area contributed by atoms with Gasteiger partial charge in [-0.15, -0.1) is 0 Å². The van der Waals surface area contributed by atoms with Crippen molar-refractivity contribution < 1.29 is 14.6 Å². The highest BCUT2D eigenvalue weighted by Crippen LogP contribution is 2.48. The molecule has 3 heterocycles. The van der Waals surface area contributed by atoms with Crippen molar-refractivity contribution in [3.05, 3.63) is 83.4 Å². The van der Waals surface area contributed by atoms with E-state index in [4.69, 9.17) is 9.47 Å². The lowest BCUT2D eigenvalue weighted by atomic mass is 9.86. The third-order valence-electron chi connectivity index (χ3n) is 8.66. The Hall–Kier alpha value is -3.44. The van der Waals surface area contributed by atoms with Crippen LogP contribution in [0.1, 0.15) is 62.8 Å². The lowest BCUT2D eigenvalue weighted by Gasteiger charge is -2.32. The van der Waals surface area contributed by atoms with Crippen LogP contribution >= 0.6 is 0 Å². The molecule has 3 aliphatic heterocycles. The van der Waals surface area contributed by atoms with Crippen molar-refractivity contribution in [3.63, 3.8) is 0 Å². The highest BCUT2D eigenvalue weighted by molar-refractivity contribution is 5.96. The van der Waals surface area contributed by atoms with Gasteiger partial charge in [0.2, 0.25) is 0 Å². The van der Waals surface area contributed by atoms with E-state index in [2.05, 4.69) is 79.1 Å². The number of likely N-dealkylation sites (tertiary alicyclic amines) is 1. The molecule has 3 aliphatic rings. The Kier molecular flexibility index (Phi) is 7.26. The molecule has 3 aromatic rings. The van der Waals surface area contributed by atoms with Crippen LogP contribution < -0.4 is 14.4 Å². The third kappa shape index (κ3) is 5.38. The average Bonchev–Trinajstić information content (AvgIpc) is 3.65. The topological polar surface area (TPSA) is 45.2 Å². The summed E-state index contributed by atoms with van der Waals surface area (Å²) in [5, 5.41) is 10.2. The molecular weight excluding hydrogens is 484 g/mol. The molecule has 0 spiro atoms. The van der Waals surface area contributed by atoms with Gasteiger partial charge >= 0.3 is 0 Å². The summed E-state index contributed by atoms with van der Waals surface area (Å²) in [6, 6.07) is 23.0. The number of hydrogen-bond acceptors (Lipinski definition) is 5. The molecule has 3 aromatic carbocycles. The number of phenolic OH excluding ortho intramolecular Hbond substituents is 1. The van der Waals surface area contributed by atoms with Crippen LogP contribution in [0.3, 0.4) is 0 Å². The Morgan fingerprint density at radius 3 is 2.54 bits per heavy atom. The van der Waals surface area contributed by atoms with Gasteiger partial charge in [-0.25, -0.2) is 0 Å². The van der Waals surface area contributed by atoms with E-state index in [-0.39, 0.29) is 11.9 Å². The molecule has 0 radical (unpaired) electrons. The fourth-order valence-corrected chi connectivity index (χ4v) is 6.32. The van der Waals surface area contributed by atoms with Crippen LogP contribution in [-0.4, -0.2) is 48.8 Å². The van der Waals surface area contributed by atoms with Crippen LogP contribution in [0.4, 0.5) is 5.69 Å². The van der Waals surface area contributed by atoms with Gasteiger partial charge in [-0.2, -0.15) is 0 Å². The molecule has 0 saturated carbocycles. The second-order valence-electron chi connectivity index (χ2n) is 11.6. The van der Waals surface area contributed by atoms with E-state index in [1.807, 2.05) is 12.1 Å². The van der Waals surface area contributed by atoms with Gasteiger partial charge in [-0.1, -0.05) is 31.2 Å². The molecule has 0 bridgehead atoms. The van der Waals surface area contributed by atoms with E-state index < -0.39 is 0 Å². The molecule has 5 nitrogen and oxygen atoms in total. The minimum Gasteiger partial charge on any atom is -0.508 e. The van der Waals surface area contributed by atoms with Gasteiger partial charge in [0.05, 0.1) is 0 Å². The summed E-state index contributed by atoms with van der Waals surface area (Å²) in [6.45, 7) is 12.0. The third-order valence-corrected chi connectivity index (χ3v) is 8.66. The number of fused-ring (bicyclic) bond motifs is 1. The summed E-state index contributed by atoms with van der Waals surface area (Å²) >= 11 is 0. The van der Waals surface area contributed by atoms with Crippen molar-refractivity contribution in [2.45, 2.75) is 52.2 Å².